The van der Waals surface area contributed by atoms with Crippen molar-refractivity contribution in [2.24, 2.45) is 5.73 Å². The number of non-ortho nitro benzene ring substituents is 1. The minimum atomic E-state index is -0.816. The zero-order valence-corrected chi connectivity index (χ0v) is 15.3. The van der Waals surface area contributed by atoms with Crippen molar-refractivity contribution in [3.05, 3.63) is 61.8 Å². The van der Waals surface area contributed by atoms with E-state index in [-0.39, 0.29) is 17.2 Å². The van der Waals surface area contributed by atoms with E-state index in [1.807, 2.05) is 22.9 Å². The van der Waals surface area contributed by atoms with Crippen LogP contribution in [0.25, 0.3) is 0 Å². The van der Waals surface area contributed by atoms with Crippen molar-refractivity contribution < 1.29 is 9.72 Å². The number of nitrogens with zero attached hydrogens (tertiary/aromatic N) is 2. The quantitative estimate of drug-likeness (QED) is 0.508. The number of rotatable bonds is 6. The largest absolute Gasteiger partial charge is 0.344 e. The zero-order chi connectivity index (χ0) is 19.4. The lowest BCUT2D eigenvalue weighted by molar-refractivity contribution is -0.384. The van der Waals surface area contributed by atoms with Crippen LogP contribution in [-0.4, -0.2) is 30.0 Å². The van der Waals surface area contributed by atoms with Crippen molar-refractivity contribution in [3.63, 3.8) is 0 Å². The van der Waals surface area contributed by atoms with Crippen LogP contribution in [0.2, 0.25) is 0 Å². The third-order valence-corrected chi connectivity index (χ3v) is 5.47. The number of hydrogen-bond donors (Lipinski definition) is 3. The Bertz CT molecular complexity index is 885. The van der Waals surface area contributed by atoms with Crippen LogP contribution < -0.4 is 16.4 Å². The van der Waals surface area contributed by atoms with Gasteiger partial charge in [0.1, 0.15) is 0 Å². The van der Waals surface area contributed by atoms with Crippen molar-refractivity contribution in [2.45, 2.75) is 24.4 Å². The summed E-state index contributed by atoms with van der Waals surface area (Å²) in [5, 5.41) is 30.6. The summed E-state index contributed by atoms with van der Waals surface area (Å²) < 4.78 is 0. The average molecular weight is 385 g/mol. The molecule has 2 heterocycles. The summed E-state index contributed by atoms with van der Waals surface area (Å²) in [5.41, 5.74) is 6.85. The van der Waals surface area contributed by atoms with E-state index in [0.717, 1.165) is 5.56 Å². The SMILES string of the molecule is N#Cc1cc([N+](=O)[O-])ccc1[C@@]1(NC(=O)[C@@H](N)Cc2ccsc2)CCNC1. The summed E-state index contributed by atoms with van der Waals surface area (Å²) >= 11 is 1.54. The lowest BCUT2D eigenvalue weighted by Crippen LogP contribution is -2.53. The van der Waals surface area contributed by atoms with Gasteiger partial charge in [0, 0.05) is 18.7 Å². The third-order valence-electron chi connectivity index (χ3n) is 4.74. The van der Waals surface area contributed by atoms with E-state index in [0.29, 0.717) is 31.5 Å². The predicted octanol–water partition coefficient (Wildman–Crippen LogP) is 1.40. The first-order valence-corrected chi connectivity index (χ1v) is 9.38. The molecule has 1 fully saturated rings. The van der Waals surface area contributed by atoms with E-state index >= 15 is 0 Å². The van der Waals surface area contributed by atoms with Crippen LogP contribution in [0.3, 0.4) is 0 Å². The summed E-state index contributed by atoms with van der Waals surface area (Å²) in [6, 6.07) is 7.37. The third kappa shape index (κ3) is 3.98. The number of amides is 1. The Balaban J connectivity index is 1.87. The number of benzene rings is 1. The normalized spacial score (nSPS) is 20.0. The topological polar surface area (TPSA) is 134 Å². The van der Waals surface area contributed by atoms with E-state index in [1.54, 1.807) is 17.4 Å². The van der Waals surface area contributed by atoms with E-state index in [2.05, 4.69) is 10.6 Å². The zero-order valence-electron chi connectivity index (χ0n) is 14.5. The van der Waals surface area contributed by atoms with Gasteiger partial charge in [0.2, 0.25) is 5.91 Å². The number of hydrogen-bond acceptors (Lipinski definition) is 7. The van der Waals surface area contributed by atoms with Gasteiger partial charge in [0.05, 0.1) is 28.1 Å². The van der Waals surface area contributed by atoms with Crippen molar-refractivity contribution in [2.75, 3.05) is 13.1 Å². The number of nitrogens with one attached hydrogen (secondary N) is 2. The molecule has 0 unspecified atom stereocenters. The number of thiophene rings is 1. The molecular weight excluding hydrogens is 366 g/mol. The van der Waals surface area contributed by atoms with Crippen molar-refractivity contribution in [3.8, 4) is 6.07 Å². The molecule has 0 bridgehead atoms. The minimum Gasteiger partial charge on any atom is -0.344 e. The van der Waals surface area contributed by atoms with Gasteiger partial charge in [0.15, 0.2) is 0 Å². The van der Waals surface area contributed by atoms with Crippen molar-refractivity contribution in [1.82, 2.24) is 10.6 Å². The van der Waals surface area contributed by atoms with Crippen LogP contribution in [0.1, 0.15) is 23.1 Å². The first-order chi connectivity index (χ1) is 12.9. The maximum absolute atomic E-state index is 12.7. The van der Waals surface area contributed by atoms with Gasteiger partial charge >= 0.3 is 0 Å². The van der Waals surface area contributed by atoms with Gasteiger partial charge in [-0.15, -0.1) is 0 Å². The Labute approximate surface area is 160 Å². The highest BCUT2D eigenvalue weighted by Gasteiger charge is 2.40. The second-order valence-electron chi connectivity index (χ2n) is 6.54. The lowest BCUT2D eigenvalue weighted by atomic mass is 9.85. The molecule has 140 valence electrons. The number of carbonyl (C=O) groups excluding carboxylic acids is 1. The minimum absolute atomic E-state index is 0.156. The molecule has 4 N–H and O–H groups in total. The highest BCUT2D eigenvalue weighted by Crippen LogP contribution is 2.32. The van der Waals surface area contributed by atoms with Gasteiger partial charge in [-0.3, -0.25) is 14.9 Å². The molecule has 8 nitrogen and oxygen atoms in total. The fraction of sp³-hybridized carbons (Fsp3) is 0.333. The number of nitrogens with two attached hydrogens (primary N) is 1. The molecule has 0 aliphatic carbocycles. The average Bonchev–Trinajstić information content (AvgIpc) is 3.33. The van der Waals surface area contributed by atoms with Crippen LogP contribution in [0, 0.1) is 21.4 Å². The van der Waals surface area contributed by atoms with Crippen molar-refractivity contribution in [1.29, 1.82) is 5.26 Å². The van der Waals surface area contributed by atoms with Gasteiger partial charge in [0.25, 0.3) is 5.69 Å². The Morgan fingerprint density at radius 2 is 2.33 bits per heavy atom. The molecule has 1 aliphatic heterocycles. The summed E-state index contributed by atoms with van der Waals surface area (Å²) in [5.74, 6) is -0.313. The molecule has 1 aromatic carbocycles. The second-order valence-corrected chi connectivity index (χ2v) is 7.32. The molecule has 2 atom stereocenters. The van der Waals surface area contributed by atoms with Crippen molar-refractivity contribution >= 4 is 22.9 Å². The molecule has 27 heavy (non-hydrogen) atoms. The lowest BCUT2D eigenvalue weighted by Gasteiger charge is -2.32. The van der Waals surface area contributed by atoms with Gasteiger partial charge in [-0.2, -0.15) is 16.6 Å². The summed E-state index contributed by atoms with van der Waals surface area (Å²) in [4.78, 5) is 23.2. The van der Waals surface area contributed by atoms with Gasteiger partial charge in [-0.25, -0.2) is 0 Å². The fourth-order valence-corrected chi connectivity index (χ4v) is 4.02. The second kappa shape index (κ2) is 7.84. The van der Waals surface area contributed by atoms with E-state index in [9.17, 15) is 20.2 Å². The highest BCUT2D eigenvalue weighted by atomic mass is 32.1. The van der Waals surface area contributed by atoms with Crippen LogP contribution in [-0.2, 0) is 16.8 Å². The van der Waals surface area contributed by atoms with Gasteiger partial charge in [-0.1, -0.05) is 0 Å². The van der Waals surface area contributed by atoms with E-state index in [1.165, 1.54) is 12.1 Å². The molecule has 1 aromatic heterocycles. The van der Waals surface area contributed by atoms with Crippen LogP contribution >= 0.6 is 11.3 Å². The molecule has 1 amide bonds. The summed E-state index contributed by atoms with van der Waals surface area (Å²) in [7, 11) is 0. The predicted molar refractivity (Wildman–Crippen MR) is 101 cm³/mol. The number of nitro benzene ring substituents is 1. The van der Waals surface area contributed by atoms with Gasteiger partial charge < -0.3 is 16.4 Å². The summed E-state index contributed by atoms with van der Waals surface area (Å²) in [6.07, 6.45) is 0.987. The molecular formula is C18H19N5O3S. The first-order valence-electron chi connectivity index (χ1n) is 8.43. The van der Waals surface area contributed by atoms with E-state index in [4.69, 9.17) is 5.73 Å². The maximum Gasteiger partial charge on any atom is 0.270 e. The monoisotopic (exact) mass is 385 g/mol. The molecule has 0 spiro atoms. The molecule has 0 saturated carbocycles. The van der Waals surface area contributed by atoms with E-state index < -0.39 is 16.5 Å². The van der Waals surface area contributed by atoms with Crippen LogP contribution in [0.4, 0.5) is 5.69 Å². The van der Waals surface area contributed by atoms with Gasteiger partial charge in [-0.05, 0) is 53.4 Å². The summed E-state index contributed by atoms with van der Waals surface area (Å²) in [6.45, 7) is 1.08. The molecule has 3 rings (SSSR count). The number of carbonyl (C=O) groups is 1. The fourth-order valence-electron chi connectivity index (χ4n) is 3.34. The molecule has 1 aliphatic rings. The maximum atomic E-state index is 12.7. The highest BCUT2D eigenvalue weighted by molar-refractivity contribution is 7.07. The first kappa shape index (κ1) is 19.0. The molecule has 2 aromatic rings. The molecule has 0 radical (unpaired) electrons. The number of nitro groups is 1. The molecule has 1 saturated heterocycles. The Morgan fingerprint density at radius 3 is 2.93 bits per heavy atom. The van der Waals surface area contributed by atoms with Crippen LogP contribution in [0.15, 0.2) is 35.0 Å². The smallest absolute Gasteiger partial charge is 0.270 e. The number of nitriles is 1. The standard InChI is InChI=1S/C18H19N5O3S/c19-9-13-8-14(23(25)26)1-2-15(13)18(4-5-21-11-18)22-17(24)16(20)7-12-3-6-27-10-12/h1-3,6,8,10,16,21H,4-5,7,11,20H2,(H,22,24)/t16-,18+/m0/s1. The molecule has 9 heteroatoms. The Kier molecular flexibility index (Phi) is 5.51. The van der Waals surface area contributed by atoms with Crippen LogP contribution in [0.5, 0.6) is 0 Å². The Hall–Kier alpha value is -2.80. The Morgan fingerprint density at radius 1 is 1.52 bits per heavy atom.